The van der Waals surface area contributed by atoms with Gasteiger partial charge in [-0.3, -0.25) is 0 Å². The van der Waals surface area contributed by atoms with E-state index in [4.69, 9.17) is 0 Å². The first-order chi connectivity index (χ1) is 7.28. The van der Waals surface area contributed by atoms with Gasteiger partial charge in [0.05, 0.1) is 17.6 Å². The molecule has 16 heavy (non-hydrogen) atoms. The normalized spacial score (nSPS) is 13.1. The minimum atomic E-state index is -0.760. The molecule has 0 radical (unpaired) electrons. The van der Waals surface area contributed by atoms with Gasteiger partial charge in [0.25, 0.3) is 0 Å². The molecule has 0 amide bonds. The zero-order valence-electron chi connectivity index (χ0n) is 10.9. The third-order valence-electron chi connectivity index (χ3n) is 3.38. The van der Waals surface area contributed by atoms with E-state index in [0.717, 1.165) is 12.2 Å². The lowest BCUT2D eigenvalue weighted by atomic mass is 9.86. The third kappa shape index (κ3) is 2.83. The quantitative estimate of drug-likeness (QED) is 0.799. The van der Waals surface area contributed by atoms with E-state index in [1.54, 1.807) is 0 Å². The van der Waals surface area contributed by atoms with Crippen molar-refractivity contribution in [3.8, 4) is 0 Å². The predicted molar refractivity (Wildman–Crippen MR) is 65.1 cm³/mol. The van der Waals surface area contributed by atoms with Crippen LogP contribution in [0.4, 0.5) is 0 Å². The lowest BCUT2D eigenvalue weighted by Gasteiger charge is -2.38. The third-order valence-corrected chi connectivity index (χ3v) is 3.38. The molecular formula is C12H23N3O. The molecule has 0 saturated heterocycles. The molecule has 0 fully saturated rings. The van der Waals surface area contributed by atoms with Crippen LogP contribution < -0.4 is 5.32 Å². The average molecular weight is 225 g/mol. The summed E-state index contributed by atoms with van der Waals surface area (Å²) in [7, 11) is 0. The molecular weight excluding hydrogens is 202 g/mol. The maximum Gasteiger partial charge on any atom is 0.0948 e. The number of aryl methyl sites for hydroxylation is 1. The highest BCUT2D eigenvalue weighted by Gasteiger charge is 2.34. The summed E-state index contributed by atoms with van der Waals surface area (Å²) in [6.07, 6.45) is 3.69. The molecule has 1 rings (SSSR count). The lowest BCUT2D eigenvalue weighted by molar-refractivity contribution is -0.00557. The Balaban J connectivity index is 2.65. The molecule has 0 aliphatic carbocycles. The highest BCUT2D eigenvalue weighted by molar-refractivity contribution is 5.01. The Bertz CT molecular complexity index is 336. The summed E-state index contributed by atoms with van der Waals surface area (Å²) in [5.41, 5.74) is 0.0414. The monoisotopic (exact) mass is 225 g/mol. The molecule has 1 aromatic rings. The molecule has 0 spiro atoms. The van der Waals surface area contributed by atoms with Crippen molar-refractivity contribution in [1.82, 2.24) is 14.9 Å². The van der Waals surface area contributed by atoms with Gasteiger partial charge in [-0.2, -0.15) is 0 Å². The molecule has 0 aliphatic heterocycles. The summed E-state index contributed by atoms with van der Waals surface area (Å²) in [5.74, 6) is 0. The molecule has 2 N–H and O–H groups in total. The van der Waals surface area contributed by atoms with E-state index in [2.05, 4.69) is 21.8 Å². The van der Waals surface area contributed by atoms with Crippen molar-refractivity contribution in [3.63, 3.8) is 0 Å². The van der Waals surface area contributed by atoms with Crippen molar-refractivity contribution in [2.45, 2.75) is 58.8 Å². The summed E-state index contributed by atoms with van der Waals surface area (Å²) < 4.78 is 2.09. The van der Waals surface area contributed by atoms with E-state index in [0.29, 0.717) is 6.54 Å². The van der Waals surface area contributed by atoms with Crippen molar-refractivity contribution in [1.29, 1.82) is 0 Å². The van der Waals surface area contributed by atoms with Gasteiger partial charge in [-0.1, -0.05) is 0 Å². The molecule has 4 heteroatoms. The second-order valence-corrected chi connectivity index (χ2v) is 5.21. The second kappa shape index (κ2) is 4.55. The molecule has 0 aliphatic rings. The Labute approximate surface area is 97.7 Å². The van der Waals surface area contributed by atoms with Crippen LogP contribution in [0.25, 0.3) is 0 Å². The molecule has 0 bridgehead atoms. The van der Waals surface area contributed by atoms with E-state index < -0.39 is 5.60 Å². The van der Waals surface area contributed by atoms with Crippen LogP contribution in [0.2, 0.25) is 0 Å². The van der Waals surface area contributed by atoms with Gasteiger partial charge in [0.1, 0.15) is 0 Å². The van der Waals surface area contributed by atoms with Crippen LogP contribution >= 0.6 is 0 Å². The first kappa shape index (κ1) is 13.2. The van der Waals surface area contributed by atoms with Gasteiger partial charge >= 0.3 is 0 Å². The first-order valence-electron chi connectivity index (χ1n) is 5.74. The second-order valence-electron chi connectivity index (χ2n) is 5.21. The van der Waals surface area contributed by atoms with Crippen molar-refractivity contribution in [2.75, 3.05) is 0 Å². The van der Waals surface area contributed by atoms with E-state index in [9.17, 15) is 5.11 Å². The minimum Gasteiger partial charge on any atom is -0.389 e. The van der Waals surface area contributed by atoms with Crippen LogP contribution in [0.5, 0.6) is 0 Å². The van der Waals surface area contributed by atoms with Gasteiger partial charge in [0.15, 0.2) is 0 Å². The molecule has 1 heterocycles. The minimum absolute atomic E-state index is 0.337. The summed E-state index contributed by atoms with van der Waals surface area (Å²) in [5, 5.41) is 13.4. The molecule has 0 atom stereocenters. The van der Waals surface area contributed by atoms with E-state index in [1.807, 2.05) is 40.2 Å². The fraction of sp³-hybridized carbons (Fsp3) is 0.750. The van der Waals surface area contributed by atoms with Gasteiger partial charge in [-0.25, -0.2) is 4.98 Å². The number of nitrogens with one attached hydrogen (secondary N) is 1. The zero-order valence-corrected chi connectivity index (χ0v) is 10.9. The van der Waals surface area contributed by atoms with Crippen LogP contribution in [0.3, 0.4) is 0 Å². The van der Waals surface area contributed by atoms with Gasteiger partial charge in [-0.05, 0) is 34.6 Å². The smallest absolute Gasteiger partial charge is 0.0948 e. The maximum absolute atomic E-state index is 10.0. The number of nitrogens with zero attached hydrogens (tertiary/aromatic N) is 2. The highest BCUT2D eigenvalue weighted by atomic mass is 16.3. The Morgan fingerprint density at radius 3 is 2.50 bits per heavy atom. The number of hydrogen-bond acceptors (Lipinski definition) is 3. The topological polar surface area (TPSA) is 50.1 Å². The predicted octanol–water partition coefficient (Wildman–Crippen LogP) is 1.54. The number of hydrogen-bond donors (Lipinski definition) is 2. The van der Waals surface area contributed by atoms with Crippen molar-refractivity contribution >= 4 is 0 Å². The Hall–Kier alpha value is -0.870. The molecule has 4 nitrogen and oxygen atoms in total. The summed E-state index contributed by atoms with van der Waals surface area (Å²) in [6, 6.07) is 0. The average Bonchev–Trinajstić information content (AvgIpc) is 2.60. The van der Waals surface area contributed by atoms with E-state index in [1.165, 1.54) is 0 Å². The number of rotatable bonds is 5. The Morgan fingerprint density at radius 1 is 1.38 bits per heavy atom. The standard InChI is InChI=1S/C12H23N3O/c1-6-15-9-13-7-10(15)8-14-11(2,3)12(4,5)16/h7,9,14,16H,6,8H2,1-5H3. The lowest BCUT2D eigenvalue weighted by Crippen LogP contribution is -2.55. The summed E-state index contributed by atoms with van der Waals surface area (Å²) in [6.45, 7) is 11.4. The molecule has 0 saturated carbocycles. The highest BCUT2D eigenvalue weighted by Crippen LogP contribution is 2.20. The van der Waals surface area contributed by atoms with Crippen LogP contribution in [-0.2, 0) is 13.1 Å². The fourth-order valence-electron chi connectivity index (χ4n) is 1.31. The van der Waals surface area contributed by atoms with Crippen LogP contribution in [0.15, 0.2) is 12.5 Å². The maximum atomic E-state index is 10.0. The van der Waals surface area contributed by atoms with Crippen LogP contribution in [0, 0.1) is 0 Å². The summed E-state index contributed by atoms with van der Waals surface area (Å²) >= 11 is 0. The number of aromatic nitrogens is 2. The molecule has 1 aromatic heterocycles. The Morgan fingerprint density at radius 2 is 2.00 bits per heavy atom. The summed E-state index contributed by atoms with van der Waals surface area (Å²) in [4.78, 5) is 4.12. The largest absolute Gasteiger partial charge is 0.389 e. The van der Waals surface area contributed by atoms with Crippen LogP contribution in [-0.4, -0.2) is 25.8 Å². The zero-order chi connectivity index (χ0) is 12.4. The SMILES string of the molecule is CCn1cncc1CNC(C)(C)C(C)(C)O. The number of imidazole rings is 1. The van der Waals surface area contributed by atoms with E-state index >= 15 is 0 Å². The first-order valence-corrected chi connectivity index (χ1v) is 5.74. The van der Waals surface area contributed by atoms with Crippen molar-refractivity contribution in [2.24, 2.45) is 0 Å². The molecule has 92 valence electrons. The van der Waals surface area contributed by atoms with Crippen molar-refractivity contribution in [3.05, 3.63) is 18.2 Å². The van der Waals surface area contributed by atoms with Gasteiger partial charge in [0, 0.05) is 24.8 Å². The van der Waals surface area contributed by atoms with Gasteiger partial charge in [-0.15, -0.1) is 0 Å². The fourth-order valence-corrected chi connectivity index (χ4v) is 1.31. The Kier molecular flexibility index (Phi) is 3.76. The van der Waals surface area contributed by atoms with Gasteiger partial charge in [0.2, 0.25) is 0 Å². The van der Waals surface area contributed by atoms with Crippen molar-refractivity contribution < 1.29 is 5.11 Å². The molecule has 0 unspecified atom stereocenters. The van der Waals surface area contributed by atoms with Crippen LogP contribution in [0.1, 0.15) is 40.3 Å². The molecule has 0 aromatic carbocycles. The number of aliphatic hydroxyl groups is 1. The van der Waals surface area contributed by atoms with E-state index in [-0.39, 0.29) is 5.54 Å². The van der Waals surface area contributed by atoms with Gasteiger partial charge < -0.3 is 15.0 Å².